The van der Waals surface area contributed by atoms with Crippen molar-refractivity contribution in [1.82, 2.24) is 14.7 Å². The minimum atomic E-state index is -0.423. The van der Waals surface area contributed by atoms with Crippen molar-refractivity contribution >= 4 is 5.69 Å². The lowest BCUT2D eigenvalue weighted by Crippen LogP contribution is -2.41. The minimum absolute atomic E-state index is 0.423. The number of rotatable bonds is 9. The largest absolute Gasteiger partial charge is 0.396 e. The fourth-order valence-corrected chi connectivity index (χ4v) is 2.53. The number of nitrogens with zero attached hydrogens (tertiary/aromatic N) is 3. The molecule has 0 radical (unpaired) electrons. The van der Waals surface area contributed by atoms with Gasteiger partial charge in [0.1, 0.15) is 0 Å². The molecule has 0 aromatic carbocycles. The van der Waals surface area contributed by atoms with Crippen LogP contribution < -0.4 is 5.73 Å². The van der Waals surface area contributed by atoms with E-state index in [1.54, 1.807) is 0 Å². The van der Waals surface area contributed by atoms with Gasteiger partial charge < -0.3 is 10.8 Å². The zero-order chi connectivity index (χ0) is 16.0. The Morgan fingerprint density at radius 1 is 1.33 bits per heavy atom. The van der Waals surface area contributed by atoms with Gasteiger partial charge in [0, 0.05) is 12.6 Å². The highest BCUT2D eigenvalue weighted by molar-refractivity contribution is 5.46. The first-order valence-electron chi connectivity index (χ1n) is 8.12. The van der Waals surface area contributed by atoms with Crippen molar-refractivity contribution in [3.63, 3.8) is 0 Å². The molecule has 5 nitrogen and oxygen atoms in total. The molecule has 0 amide bonds. The molecule has 2 atom stereocenters. The Balaban J connectivity index is 2.64. The van der Waals surface area contributed by atoms with Crippen LogP contribution in [0.25, 0.3) is 0 Å². The van der Waals surface area contributed by atoms with Crippen LogP contribution in [0.4, 0.5) is 5.69 Å². The highest BCUT2D eigenvalue weighted by Crippen LogP contribution is 2.15. The van der Waals surface area contributed by atoms with E-state index in [0.717, 1.165) is 30.0 Å². The number of aliphatic hydroxyl groups is 1. The quantitative estimate of drug-likeness (QED) is 0.734. The molecule has 0 saturated carbocycles. The van der Waals surface area contributed by atoms with Crippen molar-refractivity contribution in [2.24, 2.45) is 0 Å². The van der Waals surface area contributed by atoms with Crippen molar-refractivity contribution in [3.8, 4) is 0 Å². The number of aryl methyl sites for hydroxylation is 1. The van der Waals surface area contributed by atoms with Crippen molar-refractivity contribution in [2.45, 2.75) is 72.6 Å². The number of anilines is 1. The fraction of sp³-hybridized carbons (Fsp3) is 0.812. The van der Waals surface area contributed by atoms with Crippen LogP contribution in [-0.2, 0) is 6.54 Å². The summed E-state index contributed by atoms with van der Waals surface area (Å²) in [5, 5.41) is 14.8. The van der Waals surface area contributed by atoms with Crippen molar-refractivity contribution in [3.05, 3.63) is 11.4 Å². The second-order valence-corrected chi connectivity index (χ2v) is 6.03. The van der Waals surface area contributed by atoms with Gasteiger partial charge in [-0.15, -0.1) is 0 Å². The molecular weight excluding hydrogens is 264 g/mol. The van der Waals surface area contributed by atoms with Gasteiger partial charge in [-0.1, -0.05) is 20.3 Å². The summed E-state index contributed by atoms with van der Waals surface area (Å²) in [4.78, 5) is 2.38. The molecule has 21 heavy (non-hydrogen) atoms. The Morgan fingerprint density at radius 2 is 2.00 bits per heavy atom. The van der Waals surface area contributed by atoms with Crippen LogP contribution >= 0.6 is 0 Å². The number of unbranched alkanes of at least 4 members (excludes halogenated alkanes) is 1. The molecule has 0 fully saturated rings. The van der Waals surface area contributed by atoms with Crippen LogP contribution in [0.3, 0.4) is 0 Å². The van der Waals surface area contributed by atoms with E-state index in [9.17, 15) is 5.11 Å². The molecule has 1 heterocycles. The van der Waals surface area contributed by atoms with Gasteiger partial charge in [0.15, 0.2) is 0 Å². The molecule has 3 N–H and O–H groups in total. The van der Waals surface area contributed by atoms with Gasteiger partial charge in [-0.05, 0) is 40.2 Å². The predicted molar refractivity (Wildman–Crippen MR) is 88.4 cm³/mol. The monoisotopic (exact) mass is 296 g/mol. The highest BCUT2D eigenvalue weighted by atomic mass is 16.3. The average molecular weight is 296 g/mol. The number of nitrogens with two attached hydrogens (primary N) is 1. The topological polar surface area (TPSA) is 67.3 Å². The number of aromatic nitrogens is 2. The molecular formula is C16H32N4O. The van der Waals surface area contributed by atoms with Crippen LogP contribution in [0.5, 0.6) is 0 Å². The maximum atomic E-state index is 10.4. The second-order valence-electron chi connectivity index (χ2n) is 6.03. The van der Waals surface area contributed by atoms with E-state index in [1.807, 2.05) is 18.5 Å². The van der Waals surface area contributed by atoms with Crippen molar-refractivity contribution in [1.29, 1.82) is 0 Å². The summed E-state index contributed by atoms with van der Waals surface area (Å²) in [6.45, 7) is 12.7. The first kappa shape index (κ1) is 18.0. The Kier molecular flexibility index (Phi) is 7.18. The lowest BCUT2D eigenvalue weighted by atomic mass is 10.1. The maximum Gasteiger partial charge on any atom is 0.0862 e. The molecule has 1 rings (SSSR count). The fourth-order valence-electron chi connectivity index (χ4n) is 2.53. The molecule has 2 unspecified atom stereocenters. The number of hydrogen-bond donors (Lipinski definition) is 2. The van der Waals surface area contributed by atoms with Crippen LogP contribution in [0, 0.1) is 13.8 Å². The van der Waals surface area contributed by atoms with E-state index in [-0.39, 0.29) is 0 Å². The van der Waals surface area contributed by atoms with Gasteiger partial charge in [0.05, 0.1) is 29.7 Å². The van der Waals surface area contributed by atoms with Crippen LogP contribution in [0.15, 0.2) is 0 Å². The summed E-state index contributed by atoms with van der Waals surface area (Å²) in [5.41, 5.74) is 8.45. The zero-order valence-corrected chi connectivity index (χ0v) is 14.3. The van der Waals surface area contributed by atoms with Gasteiger partial charge in [0.2, 0.25) is 0 Å². The van der Waals surface area contributed by atoms with Gasteiger partial charge in [0.25, 0.3) is 0 Å². The SMILES string of the molecule is CCCCN(CC(O)Cn1nc(C)c(N)c1C)C(C)CC. The third-order valence-electron chi connectivity index (χ3n) is 4.28. The second kappa shape index (κ2) is 8.39. The lowest BCUT2D eigenvalue weighted by molar-refractivity contribution is 0.0742. The summed E-state index contributed by atoms with van der Waals surface area (Å²) < 4.78 is 1.82. The molecule has 1 aromatic heterocycles. The minimum Gasteiger partial charge on any atom is -0.396 e. The molecule has 0 aliphatic heterocycles. The molecule has 5 heteroatoms. The van der Waals surface area contributed by atoms with E-state index in [1.165, 1.54) is 12.8 Å². The van der Waals surface area contributed by atoms with Gasteiger partial charge >= 0.3 is 0 Å². The summed E-state index contributed by atoms with van der Waals surface area (Å²) in [6, 6.07) is 0.497. The van der Waals surface area contributed by atoms with E-state index in [4.69, 9.17) is 5.73 Å². The number of hydrogen-bond acceptors (Lipinski definition) is 4. The third-order valence-corrected chi connectivity index (χ3v) is 4.28. The smallest absolute Gasteiger partial charge is 0.0862 e. The maximum absolute atomic E-state index is 10.4. The molecule has 0 spiro atoms. The summed E-state index contributed by atoms with van der Waals surface area (Å²) in [7, 11) is 0. The summed E-state index contributed by atoms with van der Waals surface area (Å²) >= 11 is 0. The molecule has 122 valence electrons. The van der Waals surface area contributed by atoms with E-state index >= 15 is 0 Å². The van der Waals surface area contributed by atoms with Crippen LogP contribution in [0.2, 0.25) is 0 Å². The van der Waals surface area contributed by atoms with Crippen molar-refractivity contribution < 1.29 is 5.11 Å². The Labute approximate surface area is 129 Å². The van der Waals surface area contributed by atoms with Crippen molar-refractivity contribution in [2.75, 3.05) is 18.8 Å². The van der Waals surface area contributed by atoms with Gasteiger partial charge in [-0.3, -0.25) is 9.58 Å². The normalized spacial score (nSPS) is 14.6. The molecule has 1 aromatic rings. The lowest BCUT2D eigenvalue weighted by Gasteiger charge is -2.30. The first-order valence-corrected chi connectivity index (χ1v) is 8.12. The van der Waals surface area contributed by atoms with E-state index in [0.29, 0.717) is 19.1 Å². The first-order chi connectivity index (χ1) is 9.90. The Bertz CT molecular complexity index is 430. The zero-order valence-electron chi connectivity index (χ0n) is 14.3. The molecule has 0 aliphatic rings. The van der Waals surface area contributed by atoms with Crippen LogP contribution in [0.1, 0.15) is 51.4 Å². The Hall–Kier alpha value is -1.07. The van der Waals surface area contributed by atoms with E-state index < -0.39 is 6.10 Å². The van der Waals surface area contributed by atoms with E-state index in [2.05, 4.69) is 30.8 Å². The van der Waals surface area contributed by atoms with Crippen LogP contribution in [-0.4, -0.2) is 45.0 Å². The number of aliphatic hydroxyl groups excluding tert-OH is 1. The Morgan fingerprint density at radius 3 is 2.48 bits per heavy atom. The molecule has 0 bridgehead atoms. The highest BCUT2D eigenvalue weighted by Gasteiger charge is 2.18. The average Bonchev–Trinajstić information content (AvgIpc) is 2.69. The molecule has 0 saturated heterocycles. The number of nitrogen functional groups attached to an aromatic ring is 1. The standard InChI is InChI=1S/C16H32N4O/c1-6-8-9-19(12(3)7-2)10-15(21)11-20-14(5)16(17)13(4)18-20/h12,15,21H,6-11,17H2,1-5H3. The van der Waals surface area contributed by atoms with Gasteiger partial charge in [-0.25, -0.2) is 0 Å². The van der Waals surface area contributed by atoms with Gasteiger partial charge in [-0.2, -0.15) is 5.10 Å². The summed E-state index contributed by atoms with van der Waals surface area (Å²) in [5.74, 6) is 0. The summed E-state index contributed by atoms with van der Waals surface area (Å²) in [6.07, 6.45) is 3.03. The molecule has 0 aliphatic carbocycles. The predicted octanol–water partition coefficient (Wildman–Crippen LogP) is 2.34. The third kappa shape index (κ3) is 5.00.